The molecule has 0 N–H and O–H groups in total. The molecule has 0 aromatic carbocycles. The molecule has 0 saturated heterocycles. The Balaban J connectivity index is 2.83. The highest BCUT2D eigenvalue weighted by Gasteiger charge is 2.01. The third-order valence-electron chi connectivity index (χ3n) is 1.44. The van der Waals surface area contributed by atoms with Gasteiger partial charge < -0.3 is 4.74 Å². The zero-order valence-corrected chi connectivity index (χ0v) is 8.52. The molecular weight excluding hydrogens is 182 g/mol. The highest BCUT2D eigenvalue weighted by Crippen LogP contribution is 2.11. The highest BCUT2D eigenvalue weighted by molar-refractivity contribution is 7.80. The summed E-state index contributed by atoms with van der Waals surface area (Å²) in [5, 5.41) is 0.452. The van der Waals surface area contributed by atoms with E-state index in [1.54, 1.807) is 6.92 Å². The van der Waals surface area contributed by atoms with Crippen LogP contribution in [0.5, 0.6) is 0 Å². The van der Waals surface area contributed by atoms with Crippen molar-refractivity contribution in [2.75, 3.05) is 0 Å². The molecule has 13 heavy (non-hydrogen) atoms. The first kappa shape index (κ1) is 9.86. The molecule has 0 aliphatic heterocycles. The van der Waals surface area contributed by atoms with E-state index in [1.807, 2.05) is 25.1 Å². The lowest BCUT2D eigenvalue weighted by Crippen LogP contribution is -1.97. The predicted octanol–water partition coefficient (Wildman–Crippen LogP) is 2.72. The van der Waals surface area contributed by atoms with E-state index in [1.165, 1.54) is 0 Å². The minimum atomic E-state index is 0.452. The second-order valence-electron chi connectivity index (χ2n) is 2.68. The minimum Gasteiger partial charge on any atom is -0.449 e. The fraction of sp³-hybridized carbons (Fsp3) is 0.200. The highest BCUT2D eigenvalue weighted by atomic mass is 32.1. The summed E-state index contributed by atoms with van der Waals surface area (Å²) in [5.41, 5.74) is 1.66. The molecule has 0 radical (unpaired) electrons. The van der Waals surface area contributed by atoms with Gasteiger partial charge in [-0.2, -0.15) is 0 Å². The number of pyridine rings is 1. The van der Waals surface area contributed by atoms with E-state index in [9.17, 15) is 0 Å². The molecular formula is C10H11NOS. The van der Waals surface area contributed by atoms with Gasteiger partial charge in [0.25, 0.3) is 0 Å². The van der Waals surface area contributed by atoms with Crippen LogP contribution in [0.3, 0.4) is 0 Å². The van der Waals surface area contributed by atoms with Crippen LogP contribution < -0.4 is 0 Å². The number of nitrogens with zero attached hydrogens (tertiary/aromatic N) is 1. The fourth-order valence-corrected chi connectivity index (χ4v) is 1.02. The molecule has 0 fully saturated rings. The Morgan fingerprint density at radius 2 is 2.23 bits per heavy atom. The Labute approximate surface area is 83.3 Å². The van der Waals surface area contributed by atoms with Gasteiger partial charge in [-0.15, -0.1) is 0 Å². The summed E-state index contributed by atoms with van der Waals surface area (Å²) in [6.07, 6.45) is 0. The van der Waals surface area contributed by atoms with Crippen molar-refractivity contribution in [3.63, 3.8) is 0 Å². The van der Waals surface area contributed by atoms with Gasteiger partial charge >= 0.3 is 0 Å². The molecule has 0 aliphatic rings. The number of aryl methyl sites for hydroxylation is 1. The fourth-order valence-electron chi connectivity index (χ4n) is 0.924. The number of ether oxygens (including phenoxy) is 1. The summed E-state index contributed by atoms with van der Waals surface area (Å²) in [4.78, 5) is 4.24. The Morgan fingerprint density at radius 1 is 1.54 bits per heavy atom. The largest absolute Gasteiger partial charge is 0.449 e. The molecule has 0 aliphatic carbocycles. The molecule has 2 nitrogen and oxygen atoms in total. The van der Waals surface area contributed by atoms with Gasteiger partial charge in [0.15, 0.2) is 5.05 Å². The van der Waals surface area contributed by atoms with E-state index in [4.69, 9.17) is 17.0 Å². The summed E-state index contributed by atoms with van der Waals surface area (Å²) in [5.74, 6) is 0.496. The van der Waals surface area contributed by atoms with Crippen molar-refractivity contribution in [1.82, 2.24) is 4.98 Å². The monoisotopic (exact) mass is 193 g/mol. The summed E-state index contributed by atoms with van der Waals surface area (Å²) in [6, 6.07) is 5.67. The zero-order chi connectivity index (χ0) is 9.84. The van der Waals surface area contributed by atoms with E-state index >= 15 is 0 Å². The molecule has 1 aromatic heterocycles. The van der Waals surface area contributed by atoms with Gasteiger partial charge in [-0.3, -0.25) is 0 Å². The maximum atomic E-state index is 5.17. The number of thiocarbonyl (C=S) groups is 1. The van der Waals surface area contributed by atoms with Crippen LogP contribution in [-0.4, -0.2) is 10.0 Å². The van der Waals surface area contributed by atoms with Crippen molar-refractivity contribution in [3.8, 4) is 0 Å². The Hall–Kier alpha value is -1.22. The van der Waals surface area contributed by atoms with Gasteiger partial charge in [0.05, 0.1) is 0 Å². The average molecular weight is 193 g/mol. The molecule has 1 aromatic rings. The number of rotatable bonds is 2. The predicted molar refractivity (Wildman–Crippen MR) is 57.4 cm³/mol. The molecule has 0 bridgehead atoms. The summed E-state index contributed by atoms with van der Waals surface area (Å²) in [7, 11) is 0. The number of hydrogen-bond acceptors (Lipinski definition) is 3. The van der Waals surface area contributed by atoms with Crippen molar-refractivity contribution in [1.29, 1.82) is 0 Å². The van der Waals surface area contributed by atoms with Crippen molar-refractivity contribution in [2.24, 2.45) is 0 Å². The SMILES string of the molecule is C=C(OC(C)=S)c1cccc(C)n1. The first-order chi connectivity index (χ1) is 6.09. The van der Waals surface area contributed by atoms with Crippen LogP contribution in [0.15, 0.2) is 24.8 Å². The van der Waals surface area contributed by atoms with Crippen LogP contribution in [-0.2, 0) is 4.74 Å². The Morgan fingerprint density at radius 3 is 2.77 bits per heavy atom. The number of hydrogen-bond donors (Lipinski definition) is 0. The summed E-state index contributed by atoms with van der Waals surface area (Å²) >= 11 is 4.79. The van der Waals surface area contributed by atoms with Gasteiger partial charge in [0, 0.05) is 12.6 Å². The van der Waals surface area contributed by atoms with Crippen LogP contribution in [0.4, 0.5) is 0 Å². The topological polar surface area (TPSA) is 22.1 Å². The summed E-state index contributed by atoms with van der Waals surface area (Å²) in [6.45, 7) is 7.36. The Kier molecular flexibility index (Phi) is 3.14. The molecule has 0 atom stereocenters. The maximum absolute atomic E-state index is 5.17. The van der Waals surface area contributed by atoms with Crippen LogP contribution in [0.25, 0.3) is 5.76 Å². The van der Waals surface area contributed by atoms with Crippen LogP contribution in [0.2, 0.25) is 0 Å². The molecule has 3 heteroatoms. The molecule has 0 unspecified atom stereocenters. The minimum absolute atomic E-state index is 0.452. The van der Waals surface area contributed by atoms with Crippen LogP contribution in [0, 0.1) is 6.92 Å². The molecule has 0 saturated carbocycles. The molecule has 0 spiro atoms. The molecule has 0 amide bonds. The second-order valence-corrected chi connectivity index (χ2v) is 3.26. The van der Waals surface area contributed by atoms with Crippen molar-refractivity contribution < 1.29 is 4.74 Å². The van der Waals surface area contributed by atoms with Crippen molar-refractivity contribution in [3.05, 3.63) is 36.2 Å². The first-order valence-electron chi connectivity index (χ1n) is 3.91. The third-order valence-corrected chi connectivity index (χ3v) is 1.52. The van der Waals surface area contributed by atoms with E-state index in [-0.39, 0.29) is 0 Å². The van der Waals surface area contributed by atoms with Crippen molar-refractivity contribution in [2.45, 2.75) is 13.8 Å². The van der Waals surface area contributed by atoms with Gasteiger partial charge in [0.2, 0.25) is 0 Å². The first-order valence-corrected chi connectivity index (χ1v) is 4.32. The second kappa shape index (κ2) is 4.14. The van der Waals surface area contributed by atoms with E-state index in [0.29, 0.717) is 10.8 Å². The van der Waals surface area contributed by atoms with Crippen molar-refractivity contribution >= 4 is 23.0 Å². The lowest BCUT2D eigenvalue weighted by molar-refractivity contribution is 0.516. The van der Waals surface area contributed by atoms with Gasteiger partial charge in [-0.25, -0.2) is 4.98 Å². The molecule has 68 valence electrons. The smallest absolute Gasteiger partial charge is 0.164 e. The lowest BCUT2D eigenvalue weighted by Gasteiger charge is -2.05. The zero-order valence-electron chi connectivity index (χ0n) is 7.70. The average Bonchev–Trinajstić information content (AvgIpc) is 2.03. The molecule has 1 heterocycles. The van der Waals surface area contributed by atoms with E-state index in [2.05, 4.69) is 11.6 Å². The van der Waals surface area contributed by atoms with E-state index < -0.39 is 0 Å². The number of aromatic nitrogens is 1. The van der Waals surface area contributed by atoms with Gasteiger partial charge in [0.1, 0.15) is 11.5 Å². The van der Waals surface area contributed by atoms with E-state index in [0.717, 1.165) is 11.4 Å². The normalized spacial score (nSPS) is 9.38. The summed E-state index contributed by atoms with van der Waals surface area (Å²) < 4.78 is 5.17. The van der Waals surface area contributed by atoms with Gasteiger partial charge in [-0.1, -0.05) is 12.6 Å². The van der Waals surface area contributed by atoms with Gasteiger partial charge in [-0.05, 0) is 31.3 Å². The van der Waals surface area contributed by atoms with Crippen LogP contribution in [0.1, 0.15) is 18.3 Å². The quantitative estimate of drug-likeness (QED) is 0.532. The maximum Gasteiger partial charge on any atom is 0.164 e. The Bertz CT molecular complexity index is 347. The lowest BCUT2D eigenvalue weighted by atomic mass is 10.3. The van der Waals surface area contributed by atoms with Crippen LogP contribution >= 0.6 is 12.2 Å². The molecule has 1 rings (SSSR count). The third kappa shape index (κ3) is 2.95. The standard InChI is InChI=1S/C10H11NOS/c1-7-5-4-6-10(11-7)8(2)12-9(3)13/h4-6H,2H2,1,3H3.